The van der Waals surface area contributed by atoms with E-state index < -0.39 is 11.7 Å². The van der Waals surface area contributed by atoms with Crippen molar-refractivity contribution in [1.82, 2.24) is 0 Å². The van der Waals surface area contributed by atoms with Gasteiger partial charge in [0.15, 0.2) is 0 Å². The fourth-order valence-corrected chi connectivity index (χ4v) is 1.80. The molecule has 0 aliphatic heterocycles. The molecule has 0 aliphatic rings. The minimum absolute atomic E-state index is 0.0776. The highest BCUT2D eigenvalue weighted by atomic mass is 19.4. The van der Waals surface area contributed by atoms with E-state index in [9.17, 15) is 13.2 Å². The van der Waals surface area contributed by atoms with Crippen molar-refractivity contribution in [2.45, 2.75) is 38.8 Å². The zero-order valence-electron chi connectivity index (χ0n) is 9.80. The van der Waals surface area contributed by atoms with Gasteiger partial charge in [-0.25, -0.2) is 0 Å². The topological polar surface area (TPSA) is 23.8 Å². The number of nitriles is 1. The van der Waals surface area contributed by atoms with Gasteiger partial charge in [0.25, 0.3) is 0 Å². The van der Waals surface area contributed by atoms with Gasteiger partial charge >= 0.3 is 6.18 Å². The van der Waals surface area contributed by atoms with Gasteiger partial charge in [0.2, 0.25) is 0 Å². The molecule has 0 radical (unpaired) electrons. The first-order valence-electron chi connectivity index (χ1n) is 5.51. The highest BCUT2D eigenvalue weighted by Gasteiger charge is 2.34. The van der Waals surface area contributed by atoms with Gasteiger partial charge in [-0.2, -0.15) is 18.4 Å². The summed E-state index contributed by atoms with van der Waals surface area (Å²) in [6, 6.07) is 5.54. The monoisotopic (exact) mass is 241 g/mol. The molecule has 1 atom stereocenters. The van der Waals surface area contributed by atoms with E-state index in [1.807, 2.05) is 13.8 Å². The molecule has 0 fully saturated rings. The lowest BCUT2D eigenvalue weighted by atomic mass is 9.93. The van der Waals surface area contributed by atoms with Crippen LogP contribution in [0.2, 0.25) is 0 Å². The van der Waals surface area contributed by atoms with Gasteiger partial charge in [0, 0.05) is 0 Å². The number of alkyl halides is 3. The van der Waals surface area contributed by atoms with E-state index in [1.54, 1.807) is 12.1 Å². The summed E-state index contributed by atoms with van der Waals surface area (Å²) in [5.74, 6) is 0.0776. The molecule has 0 bridgehead atoms. The van der Waals surface area contributed by atoms with Gasteiger partial charge in [-0.3, -0.25) is 0 Å². The average Bonchev–Trinajstić information content (AvgIpc) is 2.27. The quantitative estimate of drug-likeness (QED) is 0.765. The van der Waals surface area contributed by atoms with Crippen LogP contribution in [-0.4, -0.2) is 0 Å². The lowest BCUT2D eigenvalue weighted by Crippen LogP contribution is -2.09. The molecule has 4 heteroatoms. The third-order valence-corrected chi connectivity index (χ3v) is 2.76. The van der Waals surface area contributed by atoms with Crippen molar-refractivity contribution < 1.29 is 13.2 Å². The largest absolute Gasteiger partial charge is 0.417 e. The van der Waals surface area contributed by atoms with E-state index in [1.165, 1.54) is 6.07 Å². The summed E-state index contributed by atoms with van der Waals surface area (Å²) >= 11 is 0. The Morgan fingerprint density at radius 3 is 2.47 bits per heavy atom. The Morgan fingerprint density at radius 1 is 1.35 bits per heavy atom. The van der Waals surface area contributed by atoms with Crippen molar-refractivity contribution in [3.05, 3.63) is 34.9 Å². The van der Waals surface area contributed by atoms with Crippen LogP contribution in [0.25, 0.3) is 0 Å². The zero-order chi connectivity index (χ0) is 13.1. The van der Waals surface area contributed by atoms with E-state index in [0.29, 0.717) is 5.56 Å². The van der Waals surface area contributed by atoms with Gasteiger partial charge in [-0.15, -0.1) is 0 Å². The van der Waals surface area contributed by atoms with Crippen molar-refractivity contribution in [3.8, 4) is 6.07 Å². The van der Waals surface area contributed by atoms with Crippen molar-refractivity contribution in [3.63, 3.8) is 0 Å². The molecule has 1 rings (SSSR count). The predicted octanol–water partition coefficient (Wildman–Crippen LogP) is 4.48. The minimum atomic E-state index is -4.47. The zero-order valence-corrected chi connectivity index (χ0v) is 9.80. The maximum Gasteiger partial charge on any atom is 0.417 e. The van der Waals surface area contributed by atoms with Crippen LogP contribution in [0.3, 0.4) is 0 Å². The molecule has 0 saturated carbocycles. The molecule has 0 N–H and O–H groups in total. The maximum atomic E-state index is 12.7. The second-order valence-corrected chi connectivity index (χ2v) is 4.10. The first kappa shape index (κ1) is 13.6. The maximum absolute atomic E-state index is 12.7. The first-order chi connectivity index (χ1) is 7.90. The van der Waals surface area contributed by atoms with Crippen molar-refractivity contribution in [2.24, 2.45) is 0 Å². The molecule has 92 valence electrons. The summed E-state index contributed by atoms with van der Waals surface area (Å²) in [5, 5.41) is 8.66. The molecule has 17 heavy (non-hydrogen) atoms. The standard InChI is InChI=1S/C13H14F3N/c1-3-4-9(2)10-5-6-11(8-17)12(7-10)13(14,15)16/h5-7,9H,3-4H2,1-2H3. The van der Waals surface area contributed by atoms with E-state index in [0.717, 1.165) is 18.9 Å². The number of hydrogen-bond donors (Lipinski definition) is 0. The van der Waals surface area contributed by atoms with Crippen LogP contribution in [0.1, 0.15) is 49.3 Å². The van der Waals surface area contributed by atoms with E-state index in [4.69, 9.17) is 5.26 Å². The lowest BCUT2D eigenvalue weighted by molar-refractivity contribution is -0.137. The van der Waals surface area contributed by atoms with Gasteiger partial charge in [0.05, 0.1) is 17.2 Å². The van der Waals surface area contributed by atoms with Gasteiger partial charge < -0.3 is 0 Å². The Labute approximate surface area is 98.9 Å². The Hall–Kier alpha value is -1.50. The number of hydrogen-bond acceptors (Lipinski definition) is 1. The van der Waals surface area contributed by atoms with Crippen molar-refractivity contribution >= 4 is 0 Å². The molecule has 0 aromatic heterocycles. The van der Waals surface area contributed by atoms with Crippen LogP contribution in [-0.2, 0) is 6.18 Å². The number of nitrogens with zero attached hydrogens (tertiary/aromatic N) is 1. The average molecular weight is 241 g/mol. The third kappa shape index (κ3) is 3.23. The molecule has 1 unspecified atom stereocenters. The van der Waals surface area contributed by atoms with Crippen LogP contribution in [0.5, 0.6) is 0 Å². The fourth-order valence-electron chi connectivity index (χ4n) is 1.80. The molecule has 1 nitrogen and oxygen atoms in total. The highest BCUT2D eigenvalue weighted by molar-refractivity contribution is 5.42. The summed E-state index contributed by atoms with van der Waals surface area (Å²) in [6.45, 7) is 3.88. The second kappa shape index (κ2) is 5.22. The Morgan fingerprint density at radius 2 is 2.00 bits per heavy atom. The molecule has 0 heterocycles. The smallest absolute Gasteiger partial charge is 0.192 e. The molecule has 0 spiro atoms. The summed E-state index contributed by atoms with van der Waals surface area (Å²) in [6.07, 6.45) is -2.71. The SMILES string of the molecule is CCCC(C)c1ccc(C#N)c(C(F)(F)F)c1. The van der Waals surface area contributed by atoms with Crippen molar-refractivity contribution in [1.29, 1.82) is 5.26 Å². The number of halogens is 3. The van der Waals surface area contributed by atoms with E-state index >= 15 is 0 Å². The van der Waals surface area contributed by atoms with Crippen LogP contribution >= 0.6 is 0 Å². The first-order valence-corrected chi connectivity index (χ1v) is 5.51. The number of rotatable bonds is 3. The van der Waals surface area contributed by atoms with Gasteiger partial charge in [-0.05, 0) is 30.0 Å². The summed E-state index contributed by atoms with van der Waals surface area (Å²) in [7, 11) is 0. The van der Waals surface area contributed by atoms with Gasteiger partial charge in [0.1, 0.15) is 0 Å². The van der Waals surface area contributed by atoms with Crippen LogP contribution in [0.4, 0.5) is 13.2 Å². The Bertz CT molecular complexity index is 429. The predicted molar refractivity (Wildman–Crippen MR) is 59.5 cm³/mol. The molecule has 1 aromatic rings. The summed E-state index contributed by atoms with van der Waals surface area (Å²) in [4.78, 5) is 0. The highest BCUT2D eigenvalue weighted by Crippen LogP contribution is 2.34. The Balaban J connectivity index is 3.19. The van der Waals surface area contributed by atoms with Crippen LogP contribution < -0.4 is 0 Å². The van der Waals surface area contributed by atoms with Crippen LogP contribution in [0.15, 0.2) is 18.2 Å². The minimum Gasteiger partial charge on any atom is -0.192 e. The number of benzene rings is 1. The Kier molecular flexibility index (Phi) is 4.17. The normalized spacial score (nSPS) is 13.2. The van der Waals surface area contributed by atoms with Gasteiger partial charge in [-0.1, -0.05) is 26.3 Å². The lowest BCUT2D eigenvalue weighted by Gasteiger charge is -2.14. The summed E-state index contributed by atoms with van der Waals surface area (Å²) in [5.41, 5.74) is -0.511. The summed E-state index contributed by atoms with van der Waals surface area (Å²) < 4.78 is 38.1. The second-order valence-electron chi connectivity index (χ2n) is 4.10. The molecule has 0 aliphatic carbocycles. The van der Waals surface area contributed by atoms with Crippen molar-refractivity contribution in [2.75, 3.05) is 0 Å². The molecule has 0 saturated heterocycles. The molecular formula is C13H14F3N. The molecule has 0 amide bonds. The van der Waals surface area contributed by atoms with Crippen LogP contribution in [0, 0.1) is 11.3 Å². The third-order valence-electron chi connectivity index (χ3n) is 2.76. The fraction of sp³-hybridized carbons (Fsp3) is 0.462. The van der Waals surface area contributed by atoms with E-state index in [-0.39, 0.29) is 11.5 Å². The molecular weight excluding hydrogens is 227 g/mol. The molecule has 1 aromatic carbocycles. The van der Waals surface area contributed by atoms with E-state index in [2.05, 4.69) is 0 Å².